The highest BCUT2D eigenvalue weighted by Crippen LogP contribution is 2.39. The van der Waals surface area contributed by atoms with Crippen LogP contribution >= 0.6 is 15.9 Å². The van der Waals surface area contributed by atoms with Gasteiger partial charge in [0.25, 0.3) is 5.91 Å². The predicted molar refractivity (Wildman–Crippen MR) is 79.9 cm³/mol. The molecule has 1 amide bonds. The zero-order chi connectivity index (χ0) is 14.0. The van der Waals surface area contributed by atoms with Crippen molar-refractivity contribution in [1.82, 2.24) is 5.32 Å². The monoisotopic (exact) mass is 327 g/mol. The van der Waals surface area contributed by atoms with Crippen LogP contribution in [-0.2, 0) is 0 Å². The van der Waals surface area contributed by atoms with Gasteiger partial charge >= 0.3 is 0 Å². The minimum Gasteiger partial charge on any atom is -0.466 e. The number of alkyl halides is 1. The lowest BCUT2D eigenvalue weighted by Crippen LogP contribution is -2.37. The molecule has 0 spiro atoms. The Morgan fingerprint density at radius 1 is 1.26 bits per heavy atom. The van der Waals surface area contributed by atoms with Crippen LogP contribution in [-0.4, -0.2) is 17.8 Å². The van der Waals surface area contributed by atoms with Gasteiger partial charge in [-0.05, 0) is 39.0 Å². The molecule has 1 aromatic rings. The van der Waals surface area contributed by atoms with Crippen LogP contribution in [0, 0.1) is 26.2 Å². The Morgan fingerprint density at radius 2 is 1.89 bits per heavy atom. The summed E-state index contributed by atoms with van der Waals surface area (Å²) in [6, 6.07) is 0. The van der Waals surface area contributed by atoms with Gasteiger partial charge in [-0.15, -0.1) is 0 Å². The summed E-state index contributed by atoms with van der Waals surface area (Å²) in [6.45, 7) is 6.44. The minimum absolute atomic E-state index is 0.000856. The predicted octanol–water partition coefficient (Wildman–Crippen LogP) is 3.89. The van der Waals surface area contributed by atoms with E-state index in [0.717, 1.165) is 23.2 Å². The third-order valence-electron chi connectivity index (χ3n) is 4.36. The van der Waals surface area contributed by atoms with E-state index in [1.807, 2.05) is 20.8 Å². The van der Waals surface area contributed by atoms with Crippen LogP contribution in [0.5, 0.6) is 0 Å². The second-order valence-electron chi connectivity index (χ2n) is 5.74. The summed E-state index contributed by atoms with van der Waals surface area (Å²) in [6.07, 6.45) is 4.93. The maximum absolute atomic E-state index is 12.3. The lowest BCUT2D eigenvalue weighted by molar-refractivity contribution is 0.0933. The molecule has 1 aliphatic carbocycles. The van der Waals surface area contributed by atoms with Crippen molar-refractivity contribution in [1.29, 1.82) is 0 Å². The maximum atomic E-state index is 12.3. The molecular formula is C15H22BrNO2. The summed E-state index contributed by atoms with van der Waals surface area (Å²) in [5.74, 6) is 1.55. The van der Waals surface area contributed by atoms with Crippen molar-refractivity contribution in [2.45, 2.75) is 46.5 Å². The highest BCUT2D eigenvalue weighted by Gasteiger charge is 2.33. The summed E-state index contributed by atoms with van der Waals surface area (Å²) >= 11 is 3.60. The molecular weight excluding hydrogens is 306 g/mol. The number of hydrogen-bond acceptors (Lipinski definition) is 2. The van der Waals surface area contributed by atoms with Crippen molar-refractivity contribution in [3.8, 4) is 0 Å². The highest BCUT2D eigenvalue weighted by atomic mass is 79.9. The number of nitrogens with one attached hydrogen (secondary N) is 1. The molecule has 106 valence electrons. The molecule has 0 bridgehead atoms. The average molecular weight is 328 g/mol. The van der Waals surface area contributed by atoms with Crippen molar-refractivity contribution in [3.05, 3.63) is 22.6 Å². The van der Waals surface area contributed by atoms with Gasteiger partial charge in [0.1, 0.15) is 11.5 Å². The Bertz CT molecular complexity index is 473. The fourth-order valence-corrected chi connectivity index (χ4v) is 3.73. The highest BCUT2D eigenvalue weighted by molar-refractivity contribution is 9.09. The molecule has 0 radical (unpaired) electrons. The van der Waals surface area contributed by atoms with Gasteiger partial charge in [0.05, 0.1) is 5.56 Å². The standard InChI is InChI=1S/C15H22BrNO2/c1-10-11(2)19-12(3)13(10)14(18)17-9-15(8-16)6-4-5-7-15/h4-9H2,1-3H3,(H,17,18). The second-order valence-corrected chi connectivity index (χ2v) is 6.30. The van der Waals surface area contributed by atoms with E-state index in [4.69, 9.17) is 4.42 Å². The first-order valence-corrected chi connectivity index (χ1v) is 8.02. The van der Waals surface area contributed by atoms with E-state index in [9.17, 15) is 4.79 Å². The first-order valence-electron chi connectivity index (χ1n) is 6.90. The normalized spacial score (nSPS) is 17.7. The van der Waals surface area contributed by atoms with Crippen LogP contribution < -0.4 is 5.32 Å². The van der Waals surface area contributed by atoms with Crippen molar-refractivity contribution < 1.29 is 9.21 Å². The summed E-state index contributed by atoms with van der Waals surface area (Å²) in [4.78, 5) is 12.3. The Kier molecular flexibility index (Phi) is 4.39. The van der Waals surface area contributed by atoms with Crippen molar-refractivity contribution >= 4 is 21.8 Å². The molecule has 19 heavy (non-hydrogen) atoms. The Balaban J connectivity index is 2.05. The van der Waals surface area contributed by atoms with Crippen LogP contribution in [0.4, 0.5) is 0 Å². The van der Waals surface area contributed by atoms with E-state index < -0.39 is 0 Å². The van der Waals surface area contributed by atoms with E-state index in [0.29, 0.717) is 11.3 Å². The van der Waals surface area contributed by atoms with E-state index >= 15 is 0 Å². The fourth-order valence-electron chi connectivity index (χ4n) is 2.97. The molecule has 3 nitrogen and oxygen atoms in total. The van der Waals surface area contributed by atoms with Crippen LogP contribution in [0.2, 0.25) is 0 Å². The molecule has 1 saturated carbocycles. The molecule has 0 saturated heterocycles. The molecule has 4 heteroatoms. The van der Waals surface area contributed by atoms with Crippen LogP contribution in [0.1, 0.15) is 53.1 Å². The lowest BCUT2D eigenvalue weighted by Gasteiger charge is -2.26. The van der Waals surface area contributed by atoms with Crippen molar-refractivity contribution in [2.24, 2.45) is 5.41 Å². The van der Waals surface area contributed by atoms with E-state index in [2.05, 4.69) is 21.2 Å². The number of furan rings is 1. The number of rotatable bonds is 4. The van der Waals surface area contributed by atoms with Gasteiger partial charge in [0.2, 0.25) is 0 Å². The number of hydrogen-bond donors (Lipinski definition) is 1. The molecule has 1 aromatic heterocycles. The summed E-state index contributed by atoms with van der Waals surface area (Å²) in [5, 5.41) is 4.06. The number of halogens is 1. The smallest absolute Gasteiger partial charge is 0.255 e. The molecule has 0 aromatic carbocycles. The van der Waals surface area contributed by atoms with E-state index in [1.54, 1.807) is 0 Å². The number of carbonyl (C=O) groups excluding carboxylic acids is 1. The Labute approximate surface area is 123 Å². The Morgan fingerprint density at radius 3 is 2.37 bits per heavy atom. The first-order chi connectivity index (χ1) is 8.99. The third-order valence-corrected chi connectivity index (χ3v) is 5.55. The van der Waals surface area contributed by atoms with E-state index in [1.165, 1.54) is 25.7 Å². The van der Waals surface area contributed by atoms with Gasteiger partial charge < -0.3 is 9.73 Å². The molecule has 2 rings (SSSR count). The largest absolute Gasteiger partial charge is 0.466 e. The molecule has 0 atom stereocenters. The van der Waals surface area contributed by atoms with Gasteiger partial charge in [-0.1, -0.05) is 28.8 Å². The van der Waals surface area contributed by atoms with Gasteiger partial charge in [-0.2, -0.15) is 0 Å². The van der Waals surface area contributed by atoms with Gasteiger partial charge in [0, 0.05) is 17.4 Å². The SMILES string of the molecule is Cc1oc(C)c(C(=O)NCC2(CBr)CCCC2)c1C. The number of carbonyl (C=O) groups is 1. The summed E-state index contributed by atoms with van der Waals surface area (Å²) in [7, 11) is 0. The van der Waals surface area contributed by atoms with Crippen LogP contribution in [0.15, 0.2) is 4.42 Å². The first kappa shape index (κ1) is 14.6. The Hall–Kier alpha value is -0.770. The summed E-state index contributed by atoms with van der Waals surface area (Å²) < 4.78 is 5.52. The van der Waals surface area contributed by atoms with Gasteiger partial charge in [0.15, 0.2) is 0 Å². The van der Waals surface area contributed by atoms with Crippen LogP contribution in [0.3, 0.4) is 0 Å². The number of amides is 1. The summed E-state index contributed by atoms with van der Waals surface area (Å²) in [5.41, 5.74) is 1.91. The minimum atomic E-state index is -0.000856. The topological polar surface area (TPSA) is 42.2 Å². The molecule has 0 unspecified atom stereocenters. The fraction of sp³-hybridized carbons (Fsp3) is 0.667. The zero-order valence-electron chi connectivity index (χ0n) is 11.9. The van der Waals surface area contributed by atoms with Crippen molar-refractivity contribution in [2.75, 3.05) is 11.9 Å². The molecule has 1 aliphatic rings. The average Bonchev–Trinajstić information content (AvgIpc) is 2.94. The maximum Gasteiger partial charge on any atom is 0.255 e. The quantitative estimate of drug-likeness (QED) is 0.852. The van der Waals surface area contributed by atoms with Gasteiger partial charge in [-0.25, -0.2) is 0 Å². The molecule has 0 aliphatic heterocycles. The van der Waals surface area contributed by atoms with Crippen molar-refractivity contribution in [3.63, 3.8) is 0 Å². The molecule has 1 fully saturated rings. The third kappa shape index (κ3) is 2.88. The molecule has 1 N–H and O–H groups in total. The van der Waals surface area contributed by atoms with Gasteiger partial charge in [-0.3, -0.25) is 4.79 Å². The zero-order valence-corrected chi connectivity index (χ0v) is 13.5. The molecule has 1 heterocycles. The number of aryl methyl sites for hydroxylation is 2. The van der Waals surface area contributed by atoms with E-state index in [-0.39, 0.29) is 11.3 Å². The second kappa shape index (κ2) is 5.70. The van der Waals surface area contributed by atoms with Crippen LogP contribution in [0.25, 0.3) is 0 Å². The lowest BCUT2D eigenvalue weighted by atomic mass is 9.88.